The van der Waals surface area contributed by atoms with Crippen molar-refractivity contribution in [2.24, 2.45) is 0 Å². The van der Waals surface area contributed by atoms with E-state index in [1.54, 1.807) is 43.5 Å². The van der Waals surface area contributed by atoms with Crippen LogP contribution in [0.15, 0.2) is 88.3 Å². The van der Waals surface area contributed by atoms with E-state index < -0.39 is 5.97 Å². The summed E-state index contributed by atoms with van der Waals surface area (Å²) in [5.41, 5.74) is 0.830. The van der Waals surface area contributed by atoms with Crippen LogP contribution in [-0.2, 0) is 11.2 Å². The molecule has 0 aliphatic rings. The van der Waals surface area contributed by atoms with Crippen LogP contribution in [0.5, 0.6) is 23.0 Å². The molecule has 0 aliphatic carbocycles. The second-order valence-electron chi connectivity index (χ2n) is 6.50. The van der Waals surface area contributed by atoms with Crippen molar-refractivity contribution in [3.63, 3.8) is 0 Å². The van der Waals surface area contributed by atoms with Crippen LogP contribution in [0.1, 0.15) is 5.56 Å². The second kappa shape index (κ2) is 8.53. The van der Waals surface area contributed by atoms with E-state index in [-0.39, 0.29) is 17.6 Å². The van der Waals surface area contributed by atoms with E-state index in [0.29, 0.717) is 28.2 Å². The number of hydrogen-bond donors (Lipinski definition) is 0. The lowest BCUT2D eigenvalue weighted by Gasteiger charge is -2.08. The molecule has 0 bridgehead atoms. The molecule has 0 fully saturated rings. The van der Waals surface area contributed by atoms with Crippen LogP contribution in [0.3, 0.4) is 0 Å². The van der Waals surface area contributed by atoms with Gasteiger partial charge in [0.15, 0.2) is 0 Å². The first-order valence-electron chi connectivity index (χ1n) is 9.24. The average molecular weight is 402 g/mol. The molecule has 0 unspecified atom stereocenters. The monoisotopic (exact) mass is 402 g/mol. The lowest BCUT2D eigenvalue weighted by Crippen LogP contribution is -2.11. The fraction of sp³-hybridized carbons (Fsp3) is 0.0833. The van der Waals surface area contributed by atoms with Crippen molar-refractivity contribution in [2.45, 2.75) is 6.42 Å². The van der Waals surface area contributed by atoms with Crippen LogP contribution in [0.2, 0.25) is 0 Å². The first kappa shape index (κ1) is 19.3. The van der Waals surface area contributed by atoms with Crippen molar-refractivity contribution < 1.29 is 23.4 Å². The largest absolute Gasteiger partial charge is 0.497 e. The Balaban J connectivity index is 1.51. The van der Waals surface area contributed by atoms with Crippen LogP contribution in [0, 0.1) is 0 Å². The molecule has 0 atom stereocenters. The highest BCUT2D eigenvalue weighted by molar-refractivity contribution is 5.81. The molecule has 150 valence electrons. The molecule has 0 N–H and O–H groups in total. The van der Waals surface area contributed by atoms with Gasteiger partial charge in [0, 0.05) is 6.07 Å². The summed E-state index contributed by atoms with van der Waals surface area (Å²) in [5.74, 6) is 1.12. The number of hydrogen-bond acceptors (Lipinski definition) is 6. The third-order valence-corrected chi connectivity index (χ3v) is 4.42. The molecular formula is C24H18O6. The summed E-state index contributed by atoms with van der Waals surface area (Å²) >= 11 is 0. The lowest BCUT2D eigenvalue weighted by molar-refractivity contribution is -0.133. The lowest BCUT2D eigenvalue weighted by atomic mass is 10.1. The smallest absolute Gasteiger partial charge is 0.315 e. The Labute approximate surface area is 172 Å². The van der Waals surface area contributed by atoms with Gasteiger partial charge >= 0.3 is 5.97 Å². The van der Waals surface area contributed by atoms with E-state index in [9.17, 15) is 9.59 Å². The molecule has 0 saturated carbocycles. The summed E-state index contributed by atoms with van der Waals surface area (Å²) in [7, 11) is 1.57. The molecule has 1 aromatic heterocycles. The molecule has 1 heterocycles. The van der Waals surface area contributed by atoms with E-state index in [0.717, 1.165) is 5.56 Å². The Kier molecular flexibility index (Phi) is 5.48. The van der Waals surface area contributed by atoms with Crippen molar-refractivity contribution in [3.05, 3.63) is 94.8 Å². The van der Waals surface area contributed by atoms with Gasteiger partial charge in [0.1, 0.15) is 29.1 Å². The van der Waals surface area contributed by atoms with Crippen molar-refractivity contribution in [3.8, 4) is 23.0 Å². The van der Waals surface area contributed by atoms with Crippen LogP contribution in [-0.4, -0.2) is 13.1 Å². The van der Waals surface area contributed by atoms with Gasteiger partial charge in [-0.1, -0.05) is 30.3 Å². The first-order valence-corrected chi connectivity index (χ1v) is 9.24. The minimum Gasteiger partial charge on any atom is -0.497 e. The first-order chi connectivity index (χ1) is 14.6. The molecule has 4 aromatic rings. The topological polar surface area (TPSA) is 75.0 Å². The average Bonchev–Trinajstić information content (AvgIpc) is 2.77. The highest BCUT2D eigenvalue weighted by Gasteiger charge is 2.12. The van der Waals surface area contributed by atoms with Crippen molar-refractivity contribution >= 4 is 16.9 Å². The number of carbonyl (C=O) groups excluding carboxylic acids is 1. The van der Waals surface area contributed by atoms with Gasteiger partial charge in [0.25, 0.3) is 0 Å². The van der Waals surface area contributed by atoms with Gasteiger partial charge in [-0.2, -0.15) is 0 Å². The van der Waals surface area contributed by atoms with Crippen LogP contribution < -0.4 is 19.6 Å². The number of fused-ring (bicyclic) bond motifs is 1. The van der Waals surface area contributed by atoms with Gasteiger partial charge in [0.05, 0.1) is 18.9 Å². The summed E-state index contributed by atoms with van der Waals surface area (Å²) in [4.78, 5) is 24.9. The predicted molar refractivity (Wildman–Crippen MR) is 111 cm³/mol. The molecule has 6 nitrogen and oxygen atoms in total. The Morgan fingerprint density at radius 3 is 2.33 bits per heavy atom. The molecule has 30 heavy (non-hydrogen) atoms. The Morgan fingerprint density at radius 1 is 0.900 bits per heavy atom. The third-order valence-electron chi connectivity index (χ3n) is 4.42. The van der Waals surface area contributed by atoms with Crippen LogP contribution >= 0.6 is 0 Å². The van der Waals surface area contributed by atoms with Gasteiger partial charge in [0.2, 0.25) is 11.2 Å². The third kappa shape index (κ3) is 4.33. The maximum Gasteiger partial charge on any atom is 0.315 e. The molecule has 0 radical (unpaired) electrons. The van der Waals surface area contributed by atoms with E-state index >= 15 is 0 Å². The second-order valence-corrected chi connectivity index (χ2v) is 6.50. The zero-order valence-electron chi connectivity index (χ0n) is 16.2. The normalized spacial score (nSPS) is 10.6. The summed E-state index contributed by atoms with van der Waals surface area (Å²) in [6.07, 6.45) is 1.39. The summed E-state index contributed by atoms with van der Waals surface area (Å²) in [6.45, 7) is 0. The van der Waals surface area contributed by atoms with Gasteiger partial charge in [-0.25, -0.2) is 0 Å². The van der Waals surface area contributed by atoms with E-state index in [1.807, 2.05) is 30.3 Å². The van der Waals surface area contributed by atoms with Crippen molar-refractivity contribution in [2.75, 3.05) is 7.11 Å². The van der Waals surface area contributed by atoms with Crippen LogP contribution in [0.25, 0.3) is 11.0 Å². The number of benzene rings is 3. The Morgan fingerprint density at radius 2 is 1.60 bits per heavy atom. The summed E-state index contributed by atoms with van der Waals surface area (Å²) in [5, 5.41) is 0.323. The number of esters is 1. The molecule has 0 spiro atoms. The summed E-state index contributed by atoms with van der Waals surface area (Å²) < 4.78 is 21.6. The SMILES string of the molecule is COc1ccc(Oc2coc3cc(OC(=O)Cc4ccccc4)ccc3c2=O)cc1. The van der Waals surface area contributed by atoms with Crippen molar-refractivity contribution in [1.82, 2.24) is 0 Å². The highest BCUT2D eigenvalue weighted by atomic mass is 16.5. The number of methoxy groups -OCH3 is 1. The fourth-order valence-electron chi connectivity index (χ4n) is 2.93. The minimum absolute atomic E-state index is 0.0569. The highest BCUT2D eigenvalue weighted by Crippen LogP contribution is 2.25. The van der Waals surface area contributed by atoms with Gasteiger partial charge in [-0.3, -0.25) is 9.59 Å². The maximum atomic E-state index is 12.7. The molecule has 3 aromatic carbocycles. The fourth-order valence-corrected chi connectivity index (χ4v) is 2.93. The molecule has 0 amide bonds. The summed E-state index contributed by atoms with van der Waals surface area (Å²) in [6, 6.07) is 20.8. The van der Waals surface area contributed by atoms with Gasteiger partial charge in [-0.05, 0) is 42.0 Å². The molecule has 0 saturated heterocycles. The molecule has 4 rings (SSSR count). The zero-order chi connectivity index (χ0) is 20.9. The van der Waals surface area contributed by atoms with Gasteiger partial charge < -0.3 is 18.6 Å². The molecule has 6 heteroatoms. The van der Waals surface area contributed by atoms with E-state index in [1.165, 1.54) is 12.3 Å². The quantitative estimate of drug-likeness (QED) is 0.342. The molecule has 0 aliphatic heterocycles. The van der Waals surface area contributed by atoms with E-state index in [2.05, 4.69) is 0 Å². The maximum absolute atomic E-state index is 12.7. The Hall–Kier alpha value is -4.06. The number of ether oxygens (including phenoxy) is 3. The number of carbonyl (C=O) groups is 1. The van der Waals surface area contributed by atoms with E-state index in [4.69, 9.17) is 18.6 Å². The predicted octanol–water partition coefficient (Wildman–Crippen LogP) is 4.74. The number of rotatable bonds is 6. The zero-order valence-corrected chi connectivity index (χ0v) is 16.2. The minimum atomic E-state index is -0.401. The van der Waals surface area contributed by atoms with Crippen molar-refractivity contribution in [1.29, 1.82) is 0 Å². The van der Waals surface area contributed by atoms with Crippen LogP contribution in [0.4, 0.5) is 0 Å². The molecular weight excluding hydrogens is 384 g/mol. The standard InChI is InChI=1S/C24H18O6/c1-27-17-7-9-18(10-8-17)29-22-15-28-21-14-19(11-12-20(21)24(22)26)30-23(25)13-16-5-3-2-4-6-16/h2-12,14-15H,13H2,1H3. The Bertz CT molecular complexity index is 1230. The van der Waals surface area contributed by atoms with Gasteiger partial charge in [-0.15, -0.1) is 0 Å².